The second kappa shape index (κ2) is 11.8. The van der Waals surface area contributed by atoms with Gasteiger partial charge in [-0.3, -0.25) is 9.59 Å². The molecule has 2 aromatic carbocycles. The van der Waals surface area contributed by atoms with Gasteiger partial charge >= 0.3 is 0 Å². The molecule has 30 heavy (non-hydrogen) atoms. The molecule has 0 unspecified atom stereocenters. The number of rotatable bonds is 9. The highest BCUT2D eigenvalue weighted by Crippen LogP contribution is 2.25. The van der Waals surface area contributed by atoms with E-state index in [9.17, 15) is 9.59 Å². The van der Waals surface area contributed by atoms with Crippen LogP contribution in [0.2, 0.25) is 15.1 Å². The predicted molar refractivity (Wildman–Crippen MR) is 126 cm³/mol. The molecule has 1 atom stereocenters. The van der Waals surface area contributed by atoms with E-state index in [1.807, 2.05) is 26.0 Å². The maximum Gasteiger partial charge on any atom is 0.242 e. The first-order valence-corrected chi connectivity index (χ1v) is 11.7. The van der Waals surface area contributed by atoms with Gasteiger partial charge < -0.3 is 10.2 Å². The quantitative estimate of drug-likeness (QED) is 0.446. The Bertz CT molecular complexity index is 875. The number of benzene rings is 2. The van der Waals surface area contributed by atoms with Crippen molar-refractivity contribution in [2.75, 3.05) is 12.3 Å². The molecule has 0 saturated carbocycles. The van der Waals surface area contributed by atoms with E-state index >= 15 is 0 Å². The Morgan fingerprint density at radius 2 is 1.63 bits per heavy atom. The Hall–Kier alpha value is -1.40. The minimum absolute atomic E-state index is 0.159. The van der Waals surface area contributed by atoms with Crippen molar-refractivity contribution in [3.05, 3.63) is 63.1 Å². The van der Waals surface area contributed by atoms with E-state index in [4.69, 9.17) is 34.8 Å². The molecule has 0 fully saturated rings. The third-order valence-electron chi connectivity index (χ3n) is 4.38. The molecule has 0 aliphatic rings. The summed E-state index contributed by atoms with van der Waals surface area (Å²) in [5.74, 6) is 0.150. The van der Waals surface area contributed by atoms with Crippen molar-refractivity contribution in [1.82, 2.24) is 10.2 Å². The van der Waals surface area contributed by atoms with Crippen LogP contribution in [0.1, 0.15) is 26.3 Å². The molecular weight excluding hydrogens is 463 g/mol. The number of hydrogen-bond donors (Lipinski definition) is 1. The summed E-state index contributed by atoms with van der Waals surface area (Å²) >= 11 is 19.6. The zero-order valence-corrected chi connectivity index (χ0v) is 20.2. The first-order chi connectivity index (χ1) is 14.2. The average molecular weight is 488 g/mol. The summed E-state index contributed by atoms with van der Waals surface area (Å²) in [7, 11) is 0. The van der Waals surface area contributed by atoms with Gasteiger partial charge in [0.05, 0.1) is 5.75 Å². The van der Waals surface area contributed by atoms with E-state index < -0.39 is 6.04 Å². The van der Waals surface area contributed by atoms with Gasteiger partial charge in [-0.1, -0.05) is 54.7 Å². The molecule has 0 aliphatic heterocycles. The van der Waals surface area contributed by atoms with Crippen LogP contribution in [-0.2, 0) is 16.1 Å². The van der Waals surface area contributed by atoms with Gasteiger partial charge in [-0.05, 0) is 54.8 Å². The van der Waals surface area contributed by atoms with Crippen molar-refractivity contribution in [1.29, 1.82) is 0 Å². The molecule has 4 nitrogen and oxygen atoms in total. The molecule has 8 heteroatoms. The second-order valence-corrected chi connectivity index (χ2v) is 9.64. The molecule has 0 aromatic heterocycles. The van der Waals surface area contributed by atoms with Gasteiger partial charge in [0, 0.05) is 33.1 Å². The Morgan fingerprint density at radius 3 is 2.23 bits per heavy atom. The summed E-state index contributed by atoms with van der Waals surface area (Å²) in [6.07, 6.45) is 0. The number of hydrogen-bond acceptors (Lipinski definition) is 3. The fourth-order valence-corrected chi connectivity index (χ4v) is 4.01. The highest BCUT2D eigenvalue weighted by Gasteiger charge is 2.26. The lowest BCUT2D eigenvalue weighted by Crippen LogP contribution is -2.48. The number of thioether (sulfide) groups is 1. The van der Waals surface area contributed by atoms with Crippen LogP contribution in [0.25, 0.3) is 0 Å². The lowest BCUT2D eigenvalue weighted by molar-refractivity contribution is -0.138. The average Bonchev–Trinajstić information content (AvgIpc) is 2.70. The second-order valence-electron chi connectivity index (χ2n) is 7.31. The minimum Gasteiger partial charge on any atom is -0.354 e. The van der Waals surface area contributed by atoms with Crippen molar-refractivity contribution in [3.8, 4) is 0 Å². The summed E-state index contributed by atoms with van der Waals surface area (Å²) in [6, 6.07) is 11.8. The molecule has 0 saturated heterocycles. The monoisotopic (exact) mass is 486 g/mol. The first kappa shape index (κ1) is 24.9. The largest absolute Gasteiger partial charge is 0.354 e. The lowest BCUT2D eigenvalue weighted by atomic mass is 10.1. The number of nitrogens with zero attached hydrogens (tertiary/aromatic N) is 1. The molecular formula is C22H25Cl3N2O2S. The minimum atomic E-state index is -0.645. The third-order valence-corrected chi connectivity index (χ3v) is 6.22. The first-order valence-electron chi connectivity index (χ1n) is 9.57. The fraction of sp³-hybridized carbons (Fsp3) is 0.364. The number of nitrogens with one attached hydrogen (secondary N) is 1. The van der Waals surface area contributed by atoms with Crippen LogP contribution in [0.4, 0.5) is 0 Å². The molecule has 0 bridgehead atoms. The van der Waals surface area contributed by atoms with Crippen LogP contribution in [0, 0.1) is 5.92 Å². The zero-order valence-electron chi connectivity index (χ0n) is 17.1. The third kappa shape index (κ3) is 7.69. The van der Waals surface area contributed by atoms with Gasteiger partial charge in [-0.2, -0.15) is 0 Å². The number of amides is 2. The topological polar surface area (TPSA) is 49.4 Å². The molecule has 0 radical (unpaired) electrons. The SMILES string of the molecule is CC(C)CNC(=O)[C@@H](C)N(Cc1ccc(Cl)cc1Cl)C(=O)CSc1ccc(Cl)cc1. The van der Waals surface area contributed by atoms with Gasteiger partial charge in [0.2, 0.25) is 11.8 Å². The van der Waals surface area contributed by atoms with Crippen molar-refractivity contribution in [3.63, 3.8) is 0 Å². The van der Waals surface area contributed by atoms with E-state index in [0.29, 0.717) is 27.5 Å². The highest BCUT2D eigenvalue weighted by atomic mass is 35.5. The predicted octanol–water partition coefficient (Wildman–Crippen LogP) is 5.93. The molecule has 0 spiro atoms. The maximum absolute atomic E-state index is 13.1. The highest BCUT2D eigenvalue weighted by molar-refractivity contribution is 8.00. The van der Waals surface area contributed by atoms with Crippen LogP contribution in [-0.4, -0.2) is 35.1 Å². The van der Waals surface area contributed by atoms with E-state index in [-0.39, 0.29) is 24.1 Å². The van der Waals surface area contributed by atoms with Crippen LogP contribution < -0.4 is 5.32 Å². The van der Waals surface area contributed by atoms with Gasteiger partial charge in [0.25, 0.3) is 0 Å². The Morgan fingerprint density at radius 1 is 1.00 bits per heavy atom. The van der Waals surface area contributed by atoms with Crippen LogP contribution >= 0.6 is 46.6 Å². The summed E-state index contributed by atoms with van der Waals surface area (Å²) in [6.45, 7) is 6.53. The molecule has 0 heterocycles. The molecule has 1 N–H and O–H groups in total. The molecule has 2 aromatic rings. The van der Waals surface area contributed by atoms with Gasteiger partial charge in [-0.25, -0.2) is 0 Å². The van der Waals surface area contributed by atoms with E-state index in [1.165, 1.54) is 11.8 Å². The summed E-state index contributed by atoms with van der Waals surface area (Å²) in [5, 5.41) is 4.51. The van der Waals surface area contributed by atoms with Gasteiger partial charge in [0.15, 0.2) is 0 Å². The van der Waals surface area contributed by atoms with Crippen molar-refractivity contribution in [2.45, 2.75) is 38.3 Å². The van der Waals surface area contributed by atoms with Crippen LogP contribution in [0.3, 0.4) is 0 Å². The summed E-state index contributed by atoms with van der Waals surface area (Å²) in [4.78, 5) is 28.2. The molecule has 2 amide bonds. The van der Waals surface area contributed by atoms with E-state index in [0.717, 1.165) is 10.5 Å². The lowest BCUT2D eigenvalue weighted by Gasteiger charge is -2.29. The molecule has 162 valence electrons. The number of halogens is 3. The summed E-state index contributed by atoms with van der Waals surface area (Å²) in [5.41, 5.74) is 0.731. The summed E-state index contributed by atoms with van der Waals surface area (Å²) < 4.78 is 0. The van der Waals surface area contributed by atoms with E-state index in [2.05, 4.69) is 5.32 Å². The molecule has 0 aliphatic carbocycles. The Kier molecular flexibility index (Phi) is 9.82. The van der Waals surface area contributed by atoms with E-state index in [1.54, 1.807) is 42.2 Å². The van der Waals surface area contributed by atoms with Crippen molar-refractivity contribution < 1.29 is 9.59 Å². The fourth-order valence-electron chi connectivity index (χ4n) is 2.63. The number of carbonyl (C=O) groups excluding carboxylic acids is 2. The standard InChI is InChI=1S/C22H25Cl3N2O2S/c1-14(2)11-26-22(29)15(3)27(12-16-4-5-18(24)10-20(16)25)21(28)13-30-19-8-6-17(23)7-9-19/h4-10,14-15H,11-13H2,1-3H3,(H,26,29)/t15-/m1/s1. The smallest absolute Gasteiger partial charge is 0.242 e. The maximum atomic E-state index is 13.1. The van der Waals surface area contributed by atoms with Gasteiger partial charge in [-0.15, -0.1) is 11.8 Å². The normalized spacial score (nSPS) is 12.0. The van der Waals surface area contributed by atoms with Crippen LogP contribution in [0.5, 0.6) is 0 Å². The van der Waals surface area contributed by atoms with Crippen LogP contribution in [0.15, 0.2) is 47.4 Å². The van der Waals surface area contributed by atoms with Crippen molar-refractivity contribution >= 4 is 58.4 Å². The zero-order chi connectivity index (χ0) is 22.3. The Balaban J connectivity index is 2.16. The van der Waals surface area contributed by atoms with Gasteiger partial charge in [0.1, 0.15) is 6.04 Å². The Labute approximate surface area is 197 Å². The molecule has 2 rings (SSSR count). The van der Waals surface area contributed by atoms with Crippen molar-refractivity contribution in [2.24, 2.45) is 5.92 Å². The number of carbonyl (C=O) groups is 2.